The number of halogens is 1. The zero-order valence-corrected chi connectivity index (χ0v) is 9.98. The number of ether oxygens (including phenoxy) is 1. The summed E-state index contributed by atoms with van der Waals surface area (Å²) in [5, 5.41) is 10.1. The summed E-state index contributed by atoms with van der Waals surface area (Å²) in [5.74, 6) is 1.36. The van der Waals surface area contributed by atoms with Gasteiger partial charge in [0.1, 0.15) is 22.9 Å². The van der Waals surface area contributed by atoms with Gasteiger partial charge in [-0.05, 0) is 6.92 Å². The summed E-state index contributed by atoms with van der Waals surface area (Å²) < 4.78 is 5.17. The monoisotopic (exact) mass is 243 g/mol. The Balaban J connectivity index is 2.19. The number of aromatic nitrogens is 2. The van der Waals surface area contributed by atoms with Crippen molar-refractivity contribution in [3.63, 3.8) is 0 Å². The number of nitrogens with zero attached hydrogens (tertiary/aromatic N) is 3. The number of hydrogen-bond acceptors (Lipinski definition) is 5. The highest BCUT2D eigenvalue weighted by Crippen LogP contribution is 2.22. The molecule has 1 aliphatic heterocycles. The average Bonchev–Trinajstić information content (AvgIpc) is 2.58. The van der Waals surface area contributed by atoms with Gasteiger partial charge in [-0.2, -0.15) is 0 Å². The molecule has 0 saturated carbocycles. The van der Waals surface area contributed by atoms with E-state index in [9.17, 15) is 5.11 Å². The molecule has 0 aliphatic carbocycles. The standard InChI is InChI=1S/C10H14ClN3O2/c1-6-12-9(11)3-10(13-6)14-4-7(15)8(5-14)16-2/h3,7-8,15H,4-5H2,1-2H3. The molecule has 0 aromatic carbocycles. The first-order valence-corrected chi connectivity index (χ1v) is 5.45. The maximum Gasteiger partial charge on any atom is 0.134 e. The van der Waals surface area contributed by atoms with Crippen molar-refractivity contribution in [1.82, 2.24) is 9.97 Å². The molecular weight excluding hydrogens is 230 g/mol. The Morgan fingerprint density at radius 2 is 2.25 bits per heavy atom. The summed E-state index contributed by atoms with van der Waals surface area (Å²) in [4.78, 5) is 10.2. The molecule has 5 nitrogen and oxygen atoms in total. The maximum absolute atomic E-state index is 9.72. The van der Waals surface area contributed by atoms with Crippen LogP contribution in [0.25, 0.3) is 0 Å². The van der Waals surface area contributed by atoms with Crippen molar-refractivity contribution in [2.24, 2.45) is 0 Å². The van der Waals surface area contributed by atoms with Gasteiger partial charge in [-0.1, -0.05) is 11.6 Å². The van der Waals surface area contributed by atoms with E-state index in [1.54, 1.807) is 20.1 Å². The van der Waals surface area contributed by atoms with Crippen molar-refractivity contribution in [3.05, 3.63) is 17.0 Å². The Morgan fingerprint density at radius 3 is 2.81 bits per heavy atom. The van der Waals surface area contributed by atoms with Gasteiger partial charge in [-0.3, -0.25) is 0 Å². The Hall–Kier alpha value is -0.910. The van der Waals surface area contributed by atoms with Crippen LogP contribution in [0.1, 0.15) is 5.82 Å². The molecule has 2 unspecified atom stereocenters. The van der Waals surface area contributed by atoms with Gasteiger partial charge < -0.3 is 14.7 Å². The van der Waals surface area contributed by atoms with Crippen LogP contribution < -0.4 is 4.90 Å². The van der Waals surface area contributed by atoms with Crippen LogP contribution in [0.4, 0.5) is 5.82 Å². The summed E-state index contributed by atoms with van der Waals surface area (Å²) >= 11 is 5.86. The lowest BCUT2D eigenvalue weighted by molar-refractivity contribution is 0.0217. The molecule has 1 N–H and O–H groups in total. The summed E-state index contributed by atoms with van der Waals surface area (Å²) in [6, 6.07) is 1.69. The summed E-state index contributed by atoms with van der Waals surface area (Å²) in [6.07, 6.45) is -0.659. The fraction of sp³-hybridized carbons (Fsp3) is 0.600. The topological polar surface area (TPSA) is 58.5 Å². The molecule has 0 amide bonds. The quantitative estimate of drug-likeness (QED) is 0.773. The molecule has 1 saturated heterocycles. The average molecular weight is 244 g/mol. The molecule has 1 fully saturated rings. The highest BCUT2D eigenvalue weighted by atomic mass is 35.5. The van der Waals surface area contributed by atoms with Crippen LogP contribution in [0.2, 0.25) is 5.15 Å². The fourth-order valence-electron chi connectivity index (χ4n) is 1.85. The van der Waals surface area contributed by atoms with Crippen LogP contribution >= 0.6 is 11.6 Å². The van der Waals surface area contributed by atoms with Gasteiger partial charge in [-0.15, -0.1) is 0 Å². The molecule has 1 aromatic heterocycles. The minimum Gasteiger partial charge on any atom is -0.388 e. The third kappa shape index (κ3) is 2.26. The second-order valence-electron chi connectivity index (χ2n) is 3.84. The minimum absolute atomic E-state index is 0.172. The number of aliphatic hydroxyl groups excluding tert-OH is 1. The van der Waals surface area contributed by atoms with Crippen molar-refractivity contribution < 1.29 is 9.84 Å². The van der Waals surface area contributed by atoms with Gasteiger partial charge in [0.05, 0.1) is 6.10 Å². The fourth-order valence-corrected chi connectivity index (χ4v) is 2.07. The predicted molar refractivity (Wildman–Crippen MR) is 60.8 cm³/mol. The number of hydrogen-bond donors (Lipinski definition) is 1. The molecule has 0 radical (unpaired) electrons. The molecule has 16 heavy (non-hydrogen) atoms. The van der Waals surface area contributed by atoms with E-state index in [1.165, 1.54) is 0 Å². The molecule has 0 bridgehead atoms. The molecule has 2 atom stereocenters. The van der Waals surface area contributed by atoms with Crippen LogP contribution in [0.15, 0.2) is 6.07 Å². The zero-order valence-electron chi connectivity index (χ0n) is 9.22. The van der Waals surface area contributed by atoms with E-state index in [1.807, 2.05) is 4.90 Å². The van der Waals surface area contributed by atoms with Crippen LogP contribution in [0, 0.1) is 6.92 Å². The number of β-amino-alcohol motifs (C(OH)–C–C–N with tert-alkyl or cyclic N) is 1. The van der Waals surface area contributed by atoms with Gasteiger partial charge in [0, 0.05) is 26.3 Å². The number of aliphatic hydroxyl groups is 1. The van der Waals surface area contributed by atoms with Crippen molar-refractivity contribution in [3.8, 4) is 0 Å². The van der Waals surface area contributed by atoms with Gasteiger partial charge in [0.25, 0.3) is 0 Å². The van der Waals surface area contributed by atoms with Crippen molar-refractivity contribution in [2.75, 3.05) is 25.1 Å². The van der Waals surface area contributed by atoms with Crippen molar-refractivity contribution >= 4 is 17.4 Å². The first-order valence-electron chi connectivity index (χ1n) is 5.07. The number of aryl methyl sites for hydroxylation is 1. The van der Waals surface area contributed by atoms with Gasteiger partial charge >= 0.3 is 0 Å². The van der Waals surface area contributed by atoms with Gasteiger partial charge in [0.15, 0.2) is 0 Å². The minimum atomic E-state index is -0.487. The molecule has 2 rings (SSSR count). The van der Waals surface area contributed by atoms with Crippen LogP contribution in [-0.4, -0.2) is 47.5 Å². The van der Waals surface area contributed by atoms with E-state index in [-0.39, 0.29) is 6.10 Å². The second-order valence-corrected chi connectivity index (χ2v) is 4.23. The third-order valence-corrected chi connectivity index (χ3v) is 2.85. The maximum atomic E-state index is 9.72. The molecule has 6 heteroatoms. The molecule has 0 spiro atoms. The highest BCUT2D eigenvalue weighted by Gasteiger charge is 2.32. The molecule has 88 valence electrons. The lowest BCUT2D eigenvalue weighted by Crippen LogP contribution is -2.25. The Morgan fingerprint density at radius 1 is 1.50 bits per heavy atom. The largest absolute Gasteiger partial charge is 0.388 e. The zero-order chi connectivity index (χ0) is 11.7. The van der Waals surface area contributed by atoms with Crippen LogP contribution in [0.5, 0.6) is 0 Å². The van der Waals surface area contributed by atoms with Crippen LogP contribution in [0.3, 0.4) is 0 Å². The number of methoxy groups -OCH3 is 1. The molecule has 2 heterocycles. The first kappa shape index (κ1) is 11.6. The first-order chi connectivity index (χ1) is 7.60. The predicted octanol–water partition coefficient (Wildman–Crippen LogP) is 0.634. The van der Waals surface area contributed by atoms with E-state index in [0.717, 1.165) is 5.82 Å². The SMILES string of the molecule is COC1CN(c2cc(Cl)nc(C)n2)CC1O. The number of anilines is 1. The van der Waals surface area contributed by atoms with E-state index in [2.05, 4.69) is 9.97 Å². The Kier molecular flexibility index (Phi) is 3.28. The number of rotatable bonds is 2. The Labute approximate surface area is 99.0 Å². The van der Waals surface area contributed by atoms with Crippen LogP contribution in [-0.2, 0) is 4.74 Å². The van der Waals surface area contributed by atoms with E-state index >= 15 is 0 Å². The molecular formula is C10H14ClN3O2. The highest BCUT2D eigenvalue weighted by molar-refractivity contribution is 6.29. The van der Waals surface area contributed by atoms with E-state index in [4.69, 9.17) is 16.3 Å². The molecule has 1 aliphatic rings. The lowest BCUT2D eigenvalue weighted by Gasteiger charge is -2.16. The van der Waals surface area contributed by atoms with Gasteiger partial charge in [0.2, 0.25) is 0 Å². The summed E-state index contributed by atoms with van der Waals surface area (Å²) in [5.41, 5.74) is 0. The second kappa shape index (κ2) is 4.53. The van der Waals surface area contributed by atoms with E-state index in [0.29, 0.717) is 24.1 Å². The van der Waals surface area contributed by atoms with Crippen molar-refractivity contribution in [2.45, 2.75) is 19.1 Å². The lowest BCUT2D eigenvalue weighted by atomic mass is 10.3. The summed E-state index contributed by atoms with van der Waals surface area (Å²) in [6.45, 7) is 2.91. The van der Waals surface area contributed by atoms with E-state index < -0.39 is 6.10 Å². The summed E-state index contributed by atoms with van der Waals surface area (Å²) in [7, 11) is 1.59. The smallest absolute Gasteiger partial charge is 0.134 e. The Bertz CT molecular complexity index is 368. The molecule has 1 aromatic rings. The normalized spacial score (nSPS) is 25.1. The van der Waals surface area contributed by atoms with Crippen molar-refractivity contribution in [1.29, 1.82) is 0 Å². The third-order valence-electron chi connectivity index (χ3n) is 2.66. The van der Waals surface area contributed by atoms with Gasteiger partial charge in [-0.25, -0.2) is 9.97 Å².